The number of rotatable bonds is 5. The number of carbonyl (C=O) groups is 1. The lowest BCUT2D eigenvalue weighted by Crippen LogP contribution is -2.25. The van der Waals surface area contributed by atoms with Crippen molar-refractivity contribution in [2.45, 2.75) is 31.8 Å². The van der Waals surface area contributed by atoms with Gasteiger partial charge in [-0.15, -0.1) is 0 Å². The summed E-state index contributed by atoms with van der Waals surface area (Å²) in [5.74, 6) is -1.31. The van der Waals surface area contributed by atoms with Gasteiger partial charge in [0.05, 0.1) is 11.1 Å². The Morgan fingerprint density at radius 3 is 1.94 bits per heavy atom. The summed E-state index contributed by atoms with van der Waals surface area (Å²) >= 11 is 0. The van der Waals surface area contributed by atoms with Crippen molar-refractivity contribution in [2.24, 2.45) is 0 Å². The van der Waals surface area contributed by atoms with Crippen LogP contribution < -0.4 is 5.11 Å². The van der Waals surface area contributed by atoms with Crippen LogP contribution in [0.25, 0.3) is 0 Å². The first-order valence-electron chi connectivity index (χ1n) is 5.66. The predicted molar refractivity (Wildman–Crippen MR) is 65.1 cm³/mol. The van der Waals surface area contributed by atoms with Gasteiger partial charge in [0.15, 0.2) is 0 Å². The van der Waals surface area contributed by atoms with Gasteiger partial charge < -0.3 is 19.7 Å². The number of carboxylic acids is 1. The van der Waals surface area contributed by atoms with E-state index < -0.39 is 18.7 Å². The van der Waals surface area contributed by atoms with Gasteiger partial charge in [-0.05, 0) is 24.0 Å². The zero-order valence-electron chi connectivity index (χ0n) is 10.3. The van der Waals surface area contributed by atoms with Crippen molar-refractivity contribution in [3.63, 3.8) is 0 Å². The molecule has 0 radical (unpaired) electrons. The molecule has 5 nitrogen and oxygen atoms in total. The molecule has 2 N–H and O–H groups in total. The van der Waals surface area contributed by atoms with Crippen LogP contribution in [0.3, 0.4) is 0 Å². The van der Waals surface area contributed by atoms with Crippen molar-refractivity contribution in [1.29, 1.82) is 0 Å². The van der Waals surface area contributed by atoms with Crippen LogP contribution in [-0.4, -0.2) is 15.8 Å². The van der Waals surface area contributed by atoms with Gasteiger partial charge in [0, 0.05) is 0 Å². The van der Waals surface area contributed by atoms with Gasteiger partial charge in [-0.3, -0.25) is 4.57 Å². The maximum atomic E-state index is 11.7. The molecule has 6 heteroatoms. The molecule has 18 heavy (non-hydrogen) atoms. The second kappa shape index (κ2) is 5.22. The third-order valence-electron chi connectivity index (χ3n) is 3.39. The Labute approximate surface area is 106 Å². The molecule has 1 aromatic rings. The second-order valence-electron chi connectivity index (χ2n) is 4.15. The largest absolute Gasteiger partial charge is 0.545 e. The summed E-state index contributed by atoms with van der Waals surface area (Å²) in [6, 6.07) is 5.50. The van der Waals surface area contributed by atoms with Gasteiger partial charge in [0.2, 0.25) is 0 Å². The smallest absolute Gasteiger partial charge is 0.335 e. The summed E-state index contributed by atoms with van der Waals surface area (Å²) in [5.41, 5.74) is 0.441. The van der Waals surface area contributed by atoms with E-state index in [1.165, 1.54) is 24.3 Å². The maximum Gasteiger partial charge on any atom is 0.335 e. The lowest BCUT2D eigenvalue weighted by atomic mass is 9.92. The highest BCUT2D eigenvalue weighted by Gasteiger charge is 2.45. The minimum Gasteiger partial charge on any atom is -0.545 e. The average Bonchev–Trinajstić information content (AvgIpc) is 2.30. The molecule has 0 aliphatic rings. The van der Waals surface area contributed by atoms with E-state index in [1.807, 2.05) is 0 Å². The number of carbonyl (C=O) groups excluding carboxylic acids is 1. The molecule has 0 atom stereocenters. The molecule has 0 aromatic heterocycles. The Kier molecular flexibility index (Phi) is 4.32. The zero-order chi connectivity index (χ0) is 14.0. The maximum absolute atomic E-state index is 11.7. The highest BCUT2D eigenvalue weighted by Crippen LogP contribution is 2.60. The summed E-state index contributed by atoms with van der Waals surface area (Å²) in [6.07, 6.45) is 0.552. The van der Waals surface area contributed by atoms with Crippen molar-refractivity contribution >= 4 is 13.6 Å². The lowest BCUT2D eigenvalue weighted by molar-refractivity contribution is -0.255. The fourth-order valence-electron chi connectivity index (χ4n) is 2.15. The number of aromatic carboxylic acids is 1. The van der Waals surface area contributed by atoms with E-state index in [1.54, 1.807) is 13.8 Å². The minimum absolute atomic E-state index is 0.00873. The third-order valence-corrected chi connectivity index (χ3v) is 5.39. The number of hydrogen-bond acceptors (Lipinski definition) is 3. The fourth-order valence-corrected chi connectivity index (χ4v) is 3.46. The molecular formula is C12H16O5P-. The molecule has 0 saturated carbocycles. The molecule has 1 aromatic carbocycles. The molecule has 0 spiro atoms. The van der Waals surface area contributed by atoms with Crippen LogP contribution in [0.2, 0.25) is 0 Å². The third kappa shape index (κ3) is 2.48. The monoisotopic (exact) mass is 271 g/mol. The van der Waals surface area contributed by atoms with Crippen LogP contribution in [0.1, 0.15) is 42.6 Å². The van der Waals surface area contributed by atoms with Gasteiger partial charge in [0.1, 0.15) is 0 Å². The SMILES string of the molecule is CCC(CC)(c1ccc(C(=O)[O-])cc1)P(=O)(O)O. The quantitative estimate of drug-likeness (QED) is 0.785. The normalized spacial score (nSPS) is 12.4. The van der Waals surface area contributed by atoms with E-state index in [9.17, 15) is 24.3 Å². The highest BCUT2D eigenvalue weighted by atomic mass is 31.2. The molecule has 0 aliphatic carbocycles. The molecule has 0 unspecified atom stereocenters. The zero-order valence-corrected chi connectivity index (χ0v) is 11.2. The Morgan fingerprint density at radius 1 is 1.22 bits per heavy atom. The highest BCUT2D eigenvalue weighted by molar-refractivity contribution is 7.53. The molecule has 0 fully saturated rings. The van der Waals surface area contributed by atoms with Gasteiger partial charge in [-0.25, -0.2) is 0 Å². The fraction of sp³-hybridized carbons (Fsp3) is 0.417. The van der Waals surface area contributed by atoms with Crippen LogP contribution in [0.4, 0.5) is 0 Å². The lowest BCUT2D eigenvalue weighted by Gasteiger charge is -2.33. The van der Waals surface area contributed by atoms with Crippen LogP contribution >= 0.6 is 7.60 Å². The summed E-state index contributed by atoms with van der Waals surface area (Å²) in [5, 5.41) is 9.38. The van der Waals surface area contributed by atoms with Gasteiger partial charge in [-0.1, -0.05) is 38.1 Å². The summed E-state index contributed by atoms with van der Waals surface area (Å²) in [4.78, 5) is 29.7. The predicted octanol–water partition coefficient (Wildman–Crippen LogP) is 1.24. The Balaban J connectivity index is 3.32. The average molecular weight is 271 g/mol. The van der Waals surface area contributed by atoms with E-state index >= 15 is 0 Å². The van der Waals surface area contributed by atoms with E-state index in [0.717, 1.165) is 0 Å². The standard InChI is InChI=1S/C12H17O5P/c1-3-12(4-2,18(15,16)17)10-7-5-9(6-8-10)11(13)14/h5-8H,3-4H2,1-2H3,(H,13,14)(H2,15,16,17)/p-1. The minimum atomic E-state index is -4.33. The van der Waals surface area contributed by atoms with Crippen LogP contribution in [-0.2, 0) is 9.72 Å². The number of hydrogen-bond donors (Lipinski definition) is 2. The first-order chi connectivity index (χ1) is 8.28. The van der Waals surface area contributed by atoms with Crippen LogP contribution in [0.15, 0.2) is 24.3 Å². The van der Waals surface area contributed by atoms with Gasteiger partial charge >= 0.3 is 7.60 Å². The van der Waals surface area contributed by atoms with Crippen molar-refractivity contribution in [1.82, 2.24) is 0 Å². The summed E-state index contributed by atoms with van der Waals surface area (Å²) in [6.45, 7) is 3.41. The second-order valence-corrected chi connectivity index (χ2v) is 6.09. The Hall–Kier alpha value is -1.16. The van der Waals surface area contributed by atoms with E-state index in [0.29, 0.717) is 5.56 Å². The first-order valence-corrected chi connectivity index (χ1v) is 7.27. The number of benzene rings is 1. The molecule has 1 rings (SSSR count). The first kappa shape index (κ1) is 14.9. The van der Waals surface area contributed by atoms with Gasteiger partial charge in [0.25, 0.3) is 0 Å². The summed E-state index contributed by atoms with van der Waals surface area (Å²) in [7, 11) is -4.33. The topological polar surface area (TPSA) is 97.7 Å². The van der Waals surface area contributed by atoms with E-state index in [2.05, 4.69) is 0 Å². The molecule has 0 heterocycles. The Bertz CT molecular complexity index is 470. The van der Waals surface area contributed by atoms with Crippen molar-refractivity contribution in [2.75, 3.05) is 0 Å². The van der Waals surface area contributed by atoms with E-state index in [-0.39, 0.29) is 18.4 Å². The molecular weight excluding hydrogens is 255 g/mol. The molecule has 0 saturated heterocycles. The van der Waals surface area contributed by atoms with Crippen LogP contribution in [0.5, 0.6) is 0 Å². The molecule has 0 amide bonds. The molecule has 0 bridgehead atoms. The van der Waals surface area contributed by atoms with Crippen LogP contribution in [0, 0.1) is 0 Å². The van der Waals surface area contributed by atoms with Crippen molar-refractivity contribution < 1.29 is 24.3 Å². The van der Waals surface area contributed by atoms with Gasteiger partial charge in [-0.2, -0.15) is 0 Å². The van der Waals surface area contributed by atoms with E-state index in [4.69, 9.17) is 0 Å². The summed E-state index contributed by atoms with van der Waals surface area (Å²) < 4.78 is 11.7. The Morgan fingerprint density at radius 2 is 1.67 bits per heavy atom. The van der Waals surface area contributed by atoms with Crippen molar-refractivity contribution in [3.05, 3.63) is 35.4 Å². The number of carboxylic acid groups (broad SMARTS) is 1. The van der Waals surface area contributed by atoms with Crippen molar-refractivity contribution in [3.8, 4) is 0 Å². The molecule has 0 aliphatic heterocycles. The molecule has 100 valence electrons.